The van der Waals surface area contributed by atoms with Gasteiger partial charge < -0.3 is 0 Å². The second-order valence-corrected chi connectivity index (χ2v) is 12.4. The van der Waals surface area contributed by atoms with Gasteiger partial charge in [0.25, 0.3) is 5.91 Å². The maximum absolute atomic E-state index is 12.6. The average Bonchev–Trinajstić information content (AvgIpc) is 3.25. The molecule has 1 amide bonds. The molecule has 0 saturated carbocycles. The number of carbonyl (C=O) groups is 1. The number of carbonyl (C=O) groups excluding carboxylic acids is 1. The maximum atomic E-state index is 12.6. The molecule has 1 aromatic carbocycles. The minimum atomic E-state index is -3.96. The van der Waals surface area contributed by atoms with E-state index in [1.807, 2.05) is 0 Å². The van der Waals surface area contributed by atoms with E-state index < -0.39 is 31.8 Å². The van der Waals surface area contributed by atoms with Gasteiger partial charge in [0.2, 0.25) is 15.2 Å². The first kappa shape index (κ1) is 21.9. The van der Waals surface area contributed by atoms with Gasteiger partial charge >= 0.3 is 0 Å². The molecule has 1 saturated heterocycles. The highest BCUT2D eigenvalue weighted by molar-refractivity contribution is 8.01. The summed E-state index contributed by atoms with van der Waals surface area (Å²) in [5.74, 6) is -0.132. The second kappa shape index (κ2) is 8.92. The predicted octanol–water partition coefficient (Wildman–Crippen LogP) is 1.53. The van der Waals surface area contributed by atoms with Gasteiger partial charge in [0, 0.05) is 17.4 Å². The van der Waals surface area contributed by atoms with Gasteiger partial charge in [-0.15, -0.1) is 16.8 Å². The summed E-state index contributed by atoms with van der Waals surface area (Å²) < 4.78 is 51.3. The van der Waals surface area contributed by atoms with Crippen LogP contribution in [0.3, 0.4) is 0 Å². The normalized spacial score (nSPS) is 18.4. The Balaban J connectivity index is 1.70. The number of nitrogens with zero attached hydrogens (tertiary/aromatic N) is 2. The first-order valence-corrected chi connectivity index (χ1v) is 13.5. The van der Waals surface area contributed by atoms with Crippen molar-refractivity contribution < 1.29 is 21.6 Å². The largest absolute Gasteiger partial charge is 0.296 e. The van der Waals surface area contributed by atoms with Crippen LogP contribution in [0.2, 0.25) is 0 Å². The zero-order valence-electron chi connectivity index (χ0n) is 15.1. The topological polar surface area (TPSA) is 135 Å². The van der Waals surface area contributed by atoms with E-state index in [-0.39, 0.29) is 28.4 Å². The molecule has 1 atom stereocenters. The molecular formula is C16H18N4O5S4. The fraction of sp³-hybridized carbons (Fsp3) is 0.312. The number of hydrogen-bond donors (Lipinski definition) is 2. The highest BCUT2D eigenvalue weighted by Gasteiger charge is 2.31. The highest BCUT2D eigenvalue weighted by Crippen LogP contribution is 2.26. The molecule has 3 rings (SSSR count). The smallest absolute Gasteiger partial charge is 0.257 e. The Morgan fingerprint density at radius 3 is 2.86 bits per heavy atom. The Hall–Kier alpha value is -1.80. The molecule has 2 heterocycles. The summed E-state index contributed by atoms with van der Waals surface area (Å²) in [5, 5.41) is 10.7. The molecule has 2 aromatic rings. The SMILES string of the molecule is C=CCSc1nnc(NC(=O)c2cccc(S(=O)(=O)NC3CCS(=O)(=O)C3)c2)s1. The van der Waals surface area contributed by atoms with Crippen molar-refractivity contribution in [1.82, 2.24) is 14.9 Å². The minimum absolute atomic E-state index is 0.0441. The number of thioether (sulfide) groups is 1. The molecule has 1 fully saturated rings. The molecule has 0 aliphatic carbocycles. The lowest BCUT2D eigenvalue weighted by atomic mass is 10.2. The number of rotatable bonds is 8. The van der Waals surface area contributed by atoms with Gasteiger partial charge in [0.1, 0.15) is 0 Å². The number of sulfonamides is 1. The Kier molecular flexibility index (Phi) is 6.73. The first-order valence-electron chi connectivity index (χ1n) is 8.40. The second-order valence-electron chi connectivity index (χ2n) is 6.18. The molecule has 1 aliphatic rings. The number of aromatic nitrogens is 2. The van der Waals surface area contributed by atoms with E-state index in [1.54, 1.807) is 6.08 Å². The van der Waals surface area contributed by atoms with E-state index in [1.165, 1.54) is 47.4 Å². The standard InChI is InChI=1S/C16H18N4O5S4/c1-2-7-26-16-19-18-15(27-16)17-14(21)11-4-3-5-13(9-11)29(24,25)20-12-6-8-28(22,23)10-12/h2-5,9,12,20H,1,6-8,10H2,(H,17,18,21). The van der Waals surface area contributed by atoms with Crippen molar-refractivity contribution in [3.8, 4) is 0 Å². The van der Waals surface area contributed by atoms with Crippen LogP contribution in [0.1, 0.15) is 16.8 Å². The molecule has 0 bridgehead atoms. The van der Waals surface area contributed by atoms with E-state index in [4.69, 9.17) is 0 Å². The molecular weight excluding hydrogens is 456 g/mol. The Bertz CT molecular complexity index is 1130. The molecule has 156 valence electrons. The van der Waals surface area contributed by atoms with Crippen molar-refractivity contribution in [2.75, 3.05) is 22.6 Å². The summed E-state index contributed by atoms with van der Waals surface area (Å²) in [6, 6.07) is 4.83. The summed E-state index contributed by atoms with van der Waals surface area (Å²) >= 11 is 2.63. The minimum Gasteiger partial charge on any atom is -0.296 e. The lowest BCUT2D eigenvalue weighted by Gasteiger charge is -2.12. The van der Waals surface area contributed by atoms with Crippen LogP contribution >= 0.6 is 23.1 Å². The van der Waals surface area contributed by atoms with Crippen LogP contribution in [-0.2, 0) is 19.9 Å². The van der Waals surface area contributed by atoms with Crippen LogP contribution in [-0.4, -0.2) is 56.2 Å². The van der Waals surface area contributed by atoms with Gasteiger partial charge in [0.05, 0.1) is 16.4 Å². The zero-order chi connectivity index (χ0) is 21.1. The fourth-order valence-electron chi connectivity index (χ4n) is 2.60. The van der Waals surface area contributed by atoms with Crippen LogP contribution < -0.4 is 10.0 Å². The summed E-state index contributed by atoms with van der Waals surface area (Å²) in [4.78, 5) is 12.3. The monoisotopic (exact) mass is 474 g/mol. The van der Waals surface area contributed by atoms with E-state index >= 15 is 0 Å². The molecule has 0 radical (unpaired) electrons. The Labute approximate surface area is 177 Å². The van der Waals surface area contributed by atoms with Gasteiger partial charge in [-0.05, 0) is 24.6 Å². The van der Waals surface area contributed by atoms with Crippen LogP contribution in [0, 0.1) is 0 Å². The van der Waals surface area contributed by atoms with E-state index in [2.05, 4.69) is 26.8 Å². The van der Waals surface area contributed by atoms with Gasteiger partial charge in [-0.1, -0.05) is 35.2 Å². The number of anilines is 1. The quantitative estimate of drug-likeness (QED) is 0.334. The Morgan fingerprint density at radius 1 is 1.38 bits per heavy atom. The molecule has 9 nitrogen and oxygen atoms in total. The molecule has 13 heteroatoms. The summed E-state index contributed by atoms with van der Waals surface area (Å²) in [6.07, 6.45) is 1.95. The summed E-state index contributed by atoms with van der Waals surface area (Å²) in [5.41, 5.74) is 0.127. The average molecular weight is 475 g/mol. The number of benzene rings is 1. The maximum Gasteiger partial charge on any atom is 0.257 e. The van der Waals surface area contributed by atoms with E-state index in [9.17, 15) is 21.6 Å². The van der Waals surface area contributed by atoms with Crippen molar-refractivity contribution in [3.63, 3.8) is 0 Å². The van der Waals surface area contributed by atoms with Gasteiger partial charge in [-0.3, -0.25) is 10.1 Å². The van der Waals surface area contributed by atoms with E-state index in [0.717, 1.165) is 0 Å². The number of hydrogen-bond acceptors (Lipinski definition) is 9. The third-order valence-electron chi connectivity index (χ3n) is 3.91. The number of nitrogens with one attached hydrogen (secondary N) is 2. The third-order valence-corrected chi connectivity index (χ3v) is 9.17. The van der Waals surface area contributed by atoms with Crippen LogP contribution in [0.15, 0.2) is 46.2 Å². The summed E-state index contributed by atoms with van der Waals surface area (Å²) in [6.45, 7) is 3.62. The molecule has 29 heavy (non-hydrogen) atoms. The molecule has 0 spiro atoms. The highest BCUT2D eigenvalue weighted by atomic mass is 32.2. The summed E-state index contributed by atoms with van der Waals surface area (Å²) in [7, 11) is -7.18. The fourth-order valence-corrected chi connectivity index (χ4v) is 7.20. The van der Waals surface area contributed by atoms with Gasteiger partial charge in [-0.2, -0.15) is 0 Å². The number of sulfone groups is 1. The molecule has 1 aliphatic heterocycles. The Morgan fingerprint density at radius 2 is 2.17 bits per heavy atom. The van der Waals surface area contributed by atoms with Crippen molar-refractivity contribution >= 4 is 54.0 Å². The van der Waals surface area contributed by atoms with Crippen LogP contribution in [0.4, 0.5) is 5.13 Å². The van der Waals surface area contributed by atoms with Crippen LogP contribution in [0.25, 0.3) is 0 Å². The third kappa shape index (κ3) is 5.85. The van der Waals surface area contributed by atoms with Gasteiger partial charge in [-0.25, -0.2) is 21.6 Å². The first-order chi connectivity index (χ1) is 13.7. The molecule has 1 unspecified atom stereocenters. The van der Waals surface area contributed by atoms with Crippen molar-refractivity contribution in [1.29, 1.82) is 0 Å². The number of amides is 1. The van der Waals surface area contributed by atoms with Crippen molar-refractivity contribution in [2.45, 2.75) is 21.7 Å². The van der Waals surface area contributed by atoms with Crippen molar-refractivity contribution in [3.05, 3.63) is 42.5 Å². The molecule has 2 N–H and O–H groups in total. The predicted molar refractivity (Wildman–Crippen MR) is 113 cm³/mol. The van der Waals surface area contributed by atoms with E-state index in [0.29, 0.717) is 15.2 Å². The van der Waals surface area contributed by atoms with Gasteiger partial charge in [0.15, 0.2) is 14.2 Å². The van der Waals surface area contributed by atoms with Crippen molar-refractivity contribution in [2.24, 2.45) is 0 Å². The zero-order valence-corrected chi connectivity index (χ0v) is 18.3. The lowest BCUT2D eigenvalue weighted by molar-refractivity contribution is 0.102. The lowest BCUT2D eigenvalue weighted by Crippen LogP contribution is -2.35. The van der Waals surface area contributed by atoms with Crippen LogP contribution in [0.5, 0.6) is 0 Å². The molecule has 1 aromatic heterocycles.